The van der Waals surface area contributed by atoms with E-state index in [9.17, 15) is 23.3 Å². The van der Waals surface area contributed by atoms with Crippen molar-refractivity contribution in [1.29, 1.82) is 0 Å². The maximum atomic E-state index is 12.7. The summed E-state index contributed by atoms with van der Waals surface area (Å²) in [7, 11) is 0. The summed E-state index contributed by atoms with van der Waals surface area (Å²) < 4.78 is 38.0. The number of nitro benzene ring substituents is 1. The van der Waals surface area contributed by atoms with Crippen LogP contribution in [0.25, 0.3) is 0 Å². The minimum absolute atomic E-state index is 0.0259. The van der Waals surface area contributed by atoms with E-state index in [2.05, 4.69) is 4.98 Å². The van der Waals surface area contributed by atoms with Crippen molar-refractivity contribution in [1.82, 2.24) is 4.98 Å². The third-order valence-corrected chi connectivity index (χ3v) is 4.14. The van der Waals surface area contributed by atoms with E-state index in [1.807, 2.05) is 0 Å². The van der Waals surface area contributed by atoms with Gasteiger partial charge in [-0.15, -0.1) is 0 Å². The summed E-state index contributed by atoms with van der Waals surface area (Å²) in [6, 6.07) is 5.46. The van der Waals surface area contributed by atoms with Gasteiger partial charge >= 0.3 is 6.18 Å². The van der Waals surface area contributed by atoms with Gasteiger partial charge in [0.1, 0.15) is 5.82 Å². The molecule has 0 spiro atoms. The first-order chi connectivity index (χ1) is 11.3. The van der Waals surface area contributed by atoms with Crippen LogP contribution in [0, 0.1) is 10.1 Å². The fourth-order valence-electron chi connectivity index (χ4n) is 2.66. The number of benzene rings is 1. The van der Waals surface area contributed by atoms with E-state index < -0.39 is 16.7 Å². The normalized spacial score (nSPS) is 14.4. The number of rotatable bonds is 2. The molecule has 0 unspecified atom stereocenters. The average molecular weight is 358 g/mol. The largest absolute Gasteiger partial charge is 0.417 e. The summed E-state index contributed by atoms with van der Waals surface area (Å²) in [5, 5.41) is 10.8. The molecular weight excluding hydrogens is 347 g/mol. The summed E-state index contributed by atoms with van der Waals surface area (Å²) in [6.45, 7) is 0.817. The van der Waals surface area contributed by atoms with Gasteiger partial charge in [-0.2, -0.15) is 13.2 Å². The quantitative estimate of drug-likeness (QED) is 0.596. The van der Waals surface area contributed by atoms with Crippen molar-refractivity contribution in [2.24, 2.45) is 0 Å². The number of nitro groups is 1. The predicted molar refractivity (Wildman–Crippen MR) is 82.1 cm³/mol. The smallest absolute Gasteiger partial charge is 0.351 e. The topological polar surface area (TPSA) is 59.3 Å². The molecule has 5 nitrogen and oxygen atoms in total. The highest BCUT2D eigenvalue weighted by molar-refractivity contribution is 6.33. The van der Waals surface area contributed by atoms with Gasteiger partial charge in [-0.25, -0.2) is 4.98 Å². The van der Waals surface area contributed by atoms with E-state index in [0.29, 0.717) is 19.5 Å². The first kappa shape index (κ1) is 16.5. The predicted octanol–water partition coefficient (Wildman–Crippen LogP) is 4.22. The molecule has 2 heterocycles. The third-order valence-electron chi connectivity index (χ3n) is 3.86. The molecule has 0 radical (unpaired) electrons. The Balaban J connectivity index is 1.90. The molecule has 0 atom stereocenters. The summed E-state index contributed by atoms with van der Waals surface area (Å²) in [6.07, 6.45) is -3.17. The van der Waals surface area contributed by atoms with Gasteiger partial charge in [-0.3, -0.25) is 10.1 Å². The van der Waals surface area contributed by atoms with Crippen molar-refractivity contribution < 1.29 is 18.1 Å². The van der Waals surface area contributed by atoms with E-state index in [4.69, 9.17) is 11.6 Å². The minimum Gasteiger partial charge on any atom is -0.351 e. The second-order valence-corrected chi connectivity index (χ2v) is 5.82. The standard InChI is InChI=1S/C15H11ClF3N3O2/c16-13-6-11(15(17,18)19)7-20-14(13)21-4-3-9-1-2-12(22(23)24)5-10(9)8-21/h1-2,5-7H,3-4,8H2. The van der Waals surface area contributed by atoms with E-state index >= 15 is 0 Å². The lowest BCUT2D eigenvalue weighted by atomic mass is 9.99. The molecule has 1 aliphatic rings. The number of alkyl halides is 3. The Bertz CT molecular complexity index is 811. The highest BCUT2D eigenvalue weighted by atomic mass is 35.5. The second kappa shape index (κ2) is 5.94. The number of aromatic nitrogens is 1. The third kappa shape index (κ3) is 3.14. The number of nitrogens with zero attached hydrogens (tertiary/aromatic N) is 3. The average Bonchev–Trinajstić information content (AvgIpc) is 2.52. The van der Waals surface area contributed by atoms with E-state index in [1.54, 1.807) is 11.0 Å². The summed E-state index contributed by atoms with van der Waals surface area (Å²) >= 11 is 5.97. The molecule has 3 rings (SSSR count). The molecule has 0 saturated carbocycles. The van der Waals surface area contributed by atoms with Crippen molar-refractivity contribution in [3.63, 3.8) is 0 Å². The van der Waals surface area contributed by atoms with Gasteiger partial charge in [0, 0.05) is 31.4 Å². The van der Waals surface area contributed by atoms with Crippen LogP contribution >= 0.6 is 11.6 Å². The van der Waals surface area contributed by atoms with E-state index in [-0.39, 0.29) is 16.5 Å². The van der Waals surface area contributed by atoms with Gasteiger partial charge in [-0.1, -0.05) is 17.7 Å². The van der Waals surface area contributed by atoms with Gasteiger partial charge in [0.2, 0.25) is 0 Å². The second-order valence-electron chi connectivity index (χ2n) is 5.41. The Morgan fingerprint density at radius 2 is 2.00 bits per heavy atom. The maximum absolute atomic E-state index is 12.7. The molecule has 24 heavy (non-hydrogen) atoms. The molecule has 0 bridgehead atoms. The van der Waals surface area contributed by atoms with Crippen LogP contribution in [0.1, 0.15) is 16.7 Å². The Hall–Kier alpha value is -2.35. The van der Waals surface area contributed by atoms with Crippen LogP contribution in [0.4, 0.5) is 24.7 Å². The van der Waals surface area contributed by atoms with Crippen LogP contribution in [-0.4, -0.2) is 16.5 Å². The number of hydrogen-bond donors (Lipinski definition) is 0. The zero-order valence-corrected chi connectivity index (χ0v) is 12.9. The zero-order chi connectivity index (χ0) is 17.5. The fourth-order valence-corrected chi connectivity index (χ4v) is 2.94. The Morgan fingerprint density at radius 3 is 2.62 bits per heavy atom. The van der Waals surface area contributed by atoms with Gasteiger partial charge in [0.25, 0.3) is 5.69 Å². The molecule has 0 aliphatic carbocycles. The van der Waals surface area contributed by atoms with Gasteiger partial charge in [0.05, 0.1) is 15.5 Å². The van der Waals surface area contributed by atoms with Gasteiger partial charge in [-0.05, 0) is 23.6 Å². The maximum Gasteiger partial charge on any atom is 0.417 e. The van der Waals surface area contributed by atoms with Crippen molar-refractivity contribution in [3.05, 3.63) is 62.3 Å². The van der Waals surface area contributed by atoms with Crippen molar-refractivity contribution in [3.8, 4) is 0 Å². The molecule has 1 aliphatic heterocycles. The van der Waals surface area contributed by atoms with Crippen molar-refractivity contribution in [2.45, 2.75) is 19.1 Å². The zero-order valence-electron chi connectivity index (χ0n) is 12.2. The molecule has 126 valence electrons. The SMILES string of the molecule is O=[N+]([O-])c1ccc2c(c1)CN(c1ncc(C(F)(F)F)cc1Cl)CC2. The van der Waals surface area contributed by atoms with Crippen LogP contribution < -0.4 is 4.90 Å². The van der Waals surface area contributed by atoms with Crippen molar-refractivity contribution >= 4 is 23.1 Å². The molecule has 2 aromatic rings. The van der Waals surface area contributed by atoms with Crippen LogP contribution in [-0.2, 0) is 19.1 Å². The molecule has 1 aromatic heterocycles. The molecular formula is C15H11ClF3N3O2. The summed E-state index contributed by atoms with van der Waals surface area (Å²) in [4.78, 5) is 15.9. The van der Waals surface area contributed by atoms with E-state index in [0.717, 1.165) is 23.4 Å². The Morgan fingerprint density at radius 1 is 1.25 bits per heavy atom. The van der Waals surface area contributed by atoms with Crippen LogP contribution in [0.5, 0.6) is 0 Å². The minimum atomic E-state index is -4.51. The lowest BCUT2D eigenvalue weighted by Gasteiger charge is -2.30. The van der Waals surface area contributed by atoms with Crippen LogP contribution in [0.15, 0.2) is 30.5 Å². The highest BCUT2D eigenvalue weighted by Gasteiger charge is 2.32. The molecule has 0 N–H and O–H groups in total. The monoisotopic (exact) mass is 357 g/mol. The molecule has 0 saturated heterocycles. The van der Waals surface area contributed by atoms with E-state index in [1.165, 1.54) is 12.1 Å². The number of anilines is 1. The number of non-ortho nitro benzene ring substituents is 1. The number of halogens is 4. The number of pyridine rings is 1. The number of hydrogen-bond acceptors (Lipinski definition) is 4. The van der Waals surface area contributed by atoms with Gasteiger partial charge in [0.15, 0.2) is 0 Å². The van der Waals surface area contributed by atoms with Crippen molar-refractivity contribution in [2.75, 3.05) is 11.4 Å². The molecule has 9 heteroatoms. The highest BCUT2D eigenvalue weighted by Crippen LogP contribution is 2.35. The molecule has 0 fully saturated rings. The van der Waals surface area contributed by atoms with Crippen LogP contribution in [0.3, 0.4) is 0 Å². The van der Waals surface area contributed by atoms with Gasteiger partial charge < -0.3 is 4.90 Å². The first-order valence-corrected chi connectivity index (χ1v) is 7.37. The summed E-state index contributed by atoms with van der Waals surface area (Å²) in [5.74, 6) is 0.238. The molecule has 1 aromatic carbocycles. The lowest BCUT2D eigenvalue weighted by molar-refractivity contribution is -0.384. The summed E-state index contributed by atoms with van der Waals surface area (Å²) in [5.41, 5.74) is 0.777. The Kier molecular flexibility index (Phi) is 4.08. The Labute approximate surface area is 139 Å². The van der Waals surface area contributed by atoms with Crippen LogP contribution in [0.2, 0.25) is 5.02 Å². The lowest BCUT2D eigenvalue weighted by Crippen LogP contribution is -2.31. The molecule has 0 amide bonds. The first-order valence-electron chi connectivity index (χ1n) is 6.99. The fraction of sp³-hybridized carbons (Fsp3) is 0.267. The number of fused-ring (bicyclic) bond motifs is 1.